The number of carbonyl (C=O) groups excluding carboxylic acids is 1. The van der Waals surface area contributed by atoms with Crippen LogP contribution in [0.2, 0.25) is 5.02 Å². The van der Waals surface area contributed by atoms with Gasteiger partial charge in [0.2, 0.25) is 0 Å². The number of hydrogen-bond donors (Lipinski definition) is 1. The van der Waals surface area contributed by atoms with Crippen LogP contribution in [0.4, 0.5) is 9.18 Å². The second-order valence-electron chi connectivity index (χ2n) is 8.67. The Labute approximate surface area is 192 Å². The monoisotopic (exact) mass is 536 g/mol. The molecule has 3 unspecified atom stereocenters. The normalized spacial score (nSPS) is 25.7. The number of halogens is 3. The number of fused-ring (bicyclic) bond motifs is 1. The zero-order valence-electron chi connectivity index (χ0n) is 16.8. The summed E-state index contributed by atoms with van der Waals surface area (Å²) in [4.78, 5) is 20.9. The topological polar surface area (TPSA) is 57.2 Å². The van der Waals surface area contributed by atoms with E-state index < -0.39 is 5.60 Å². The van der Waals surface area contributed by atoms with Gasteiger partial charge in [-0.3, -0.25) is 4.99 Å². The van der Waals surface area contributed by atoms with Gasteiger partial charge in [-0.1, -0.05) is 17.7 Å². The minimum absolute atomic E-state index is 0. The third kappa shape index (κ3) is 4.90. The maximum atomic E-state index is 14.1. The van der Waals surface area contributed by atoms with Crippen molar-refractivity contribution in [3.63, 3.8) is 0 Å². The lowest BCUT2D eigenvalue weighted by molar-refractivity contribution is 0.0137. The summed E-state index contributed by atoms with van der Waals surface area (Å²) in [6.07, 6.45) is 0.562. The number of piperazine rings is 1. The van der Waals surface area contributed by atoms with Crippen molar-refractivity contribution in [1.29, 1.82) is 0 Å². The fourth-order valence-corrected chi connectivity index (χ4v) is 4.20. The van der Waals surface area contributed by atoms with Crippen molar-refractivity contribution in [3.8, 4) is 0 Å². The van der Waals surface area contributed by atoms with Crippen LogP contribution in [0, 0.1) is 5.82 Å². The van der Waals surface area contributed by atoms with Crippen LogP contribution >= 0.6 is 35.6 Å². The van der Waals surface area contributed by atoms with E-state index in [1.807, 2.05) is 20.8 Å². The molecule has 29 heavy (non-hydrogen) atoms. The second kappa shape index (κ2) is 8.45. The fourth-order valence-electron chi connectivity index (χ4n) is 3.90. The first-order valence-corrected chi connectivity index (χ1v) is 10.1. The summed E-state index contributed by atoms with van der Waals surface area (Å²) in [5.74, 6) is 0.659. The number of rotatable bonds is 2. The fraction of sp³-hybridized carbons (Fsp3) is 0.600. The molecule has 3 aliphatic rings. The van der Waals surface area contributed by atoms with Gasteiger partial charge in [-0.2, -0.15) is 0 Å². The Bertz CT molecular complexity index is 796. The molecule has 160 valence electrons. The molecule has 1 aromatic rings. The molecular weight excluding hydrogens is 510 g/mol. The standard InChI is InChI=1S/C20H26ClFN4O2.HI/c1-20(2,3)28-19(27)25-7-8-26-12(11-25)10-23-18(26)24-16-9-13(16)17-14(21)5-4-6-15(17)22;/h4-6,12-13,16H,7-11H2,1-3H3,(H,23,24);1H. The molecule has 6 nitrogen and oxygen atoms in total. The number of amides is 1. The quantitative estimate of drug-likeness (QED) is 0.584. The number of nitrogens with zero attached hydrogens (tertiary/aromatic N) is 3. The zero-order valence-corrected chi connectivity index (χ0v) is 19.9. The van der Waals surface area contributed by atoms with Crippen molar-refractivity contribution < 1.29 is 13.9 Å². The van der Waals surface area contributed by atoms with Gasteiger partial charge in [0.15, 0.2) is 5.96 Å². The Balaban J connectivity index is 0.00000240. The molecule has 1 aromatic carbocycles. The Morgan fingerprint density at radius 1 is 1.34 bits per heavy atom. The van der Waals surface area contributed by atoms with Crippen molar-refractivity contribution in [2.24, 2.45) is 4.99 Å². The summed E-state index contributed by atoms with van der Waals surface area (Å²) in [5.41, 5.74) is 0.0915. The molecule has 0 aromatic heterocycles. The highest BCUT2D eigenvalue weighted by Gasteiger charge is 2.44. The molecule has 1 aliphatic carbocycles. The van der Waals surface area contributed by atoms with Crippen molar-refractivity contribution in [2.75, 3.05) is 26.2 Å². The van der Waals surface area contributed by atoms with Crippen LogP contribution in [0.3, 0.4) is 0 Å². The van der Waals surface area contributed by atoms with E-state index in [0.29, 0.717) is 36.8 Å². The minimum atomic E-state index is -0.498. The van der Waals surface area contributed by atoms with E-state index in [9.17, 15) is 9.18 Å². The Morgan fingerprint density at radius 3 is 2.79 bits per heavy atom. The Morgan fingerprint density at radius 2 is 2.10 bits per heavy atom. The number of carbonyl (C=O) groups is 1. The van der Waals surface area contributed by atoms with Crippen molar-refractivity contribution in [3.05, 3.63) is 34.6 Å². The summed E-state index contributed by atoms with van der Waals surface area (Å²) in [5, 5.41) is 3.93. The van der Waals surface area contributed by atoms with Gasteiger partial charge in [0.25, 0.3) is 0 Å². The molecule has 0 radical (unpaired) electrons. The van der Waals surface area contributed by atoms with Crippen molar-refractivity contribution >= 4 is 47.6 Å². The zero-order chi connectivity index (χ0) is 20.1. The van der Waals surface area contributed by atoms with Gasteiger partial charge in [-0.05, 0) is 39.3 Å². The number of nitrogens with one attached hydrogen (secondary N) is 1. The molecule has 1 amide bonds. The van der Waals surface area contributed by atoms with E-state index in [1.165, 1.54) is 6.07 Å². The lowest BCUT2D eigenvalue weighted by Gasteiger charge is -2.39. The molecule has 0 spiro atoms. The lowest BCUT2D eigenvalue weighted by atomic mass is 10.1. The summed E-state index contributed by atoms with van der Waals surface area (Å²) in [7, 11) is 0. The van der Waals surface area contributed by atoms with E-state index >= 15 is 0 Å². The van der Waals surface area contributed by atoms with Crippen LogP contribution in [0.1, 0.15) is 38.7 Å². The summed E-state index contributed by atoms with van der Waals surface area (Å²) >= 11 is 6.19. The Kier molecular flexibility index (Phi) is 6.53. The highest BCUT2D eigenvalue weighted by molar-refractivity contribution is 14.0. The second-order valence-corrected chi connectivity index (χ2v) is 9.07. The lowest BCUT2D eigenvalue weighted by Crippen LogP contribution is -2.57. The molecule has 2 aliphatic heterocycles. The molecule has 9 heteroatoms. The third-order valence-electron chi connectivity index (χ3n) is 5.33. The number of aliphatic imine (C=N–C) groups is 1. The number of hydrogen-bond acceptors (Lipinski definition) is 5. The highest BCUT2D eigenvalue weighted by Crippen LogP contribution is 2.45. The Hall–Kier alpha value is -1.29. The van der Waals surface area contributed by atoms with Crippen molar-refractivity contribution in [2.45, 2.75) is 50.8 Å². The number of guanidine groups is 1. The minimum Gasteiger partial charge on any atom is -0.444 e. The average molecular weight is 537 g/mol. The van der Waals surface area contributed by atoms with Gasteiger partial charge in [0.1, 0.15) is 11.4 Å². The van der Waals surface area contributed by atoms with Gasteiger partial charge in [0, 0.05) is 42.2 Å². The SMILES string of the molecule is CC(C)(C)OC(=O)N1CCN2C(NC3CC3c3c(F)cccc3Cl)=NCC2C1.I. The molecule has 1 saturated carbocycles. The molecule has 1 N–H and O–H groups in total. The molecule has 3 atom stereocenters. The van der Waals surface area contributed by atoms with Crippen LogP contribution in [0.25, 0.3) is 0 Å². The largest absolute Gasteiger partial charge is 0.444 e. The smallest absolute Gasteiger partial charge is 0.410 e. The van der Waals surface area contributed by atoms with Crippen LogP contribution in [-0.2, 0) is 4.74 Å². The van der Waals surface area contributed by atoms with Crippen molar-refractivity contribution in [1.82, 2.24) is 15.1 Å². The van der Waals surface area contributed by atoms with Gasteiger partial charge in [0.05, 0.1) is 12.6 Å². The number of benzene rings is 1. The van der Waals surface area contributed by atoms with Gasteiger partial charge in [-0.15, -0.1) is 24.0 Å². The molecule has 2 heterocycles. The van der Waals surface area contributed by atoms with Crippen LogP contribution < -0.4 is 5.32 Å². The maximum absolute atomic E-state index is 14.1. The predicted octanol–water partition coefficient (Wildman–Crippen LogP) is 3.83. The maximum Gasteiger partial charge on any atom is 0.410 e. The van der Waals surface area contributed by atoms with E-state index in [1.54, 1.807) is 17.0 Å². The first-order valence-electron chi connectivity index (χ1n) is 9.72. The van der Waals surface area contributed by atoms with Crippen LogP contribution in [0.15, 0.2) is 23.2 Å². The summed E-state index contributed by atoms with van der Waals surface area (Å²) < 4.78 is 19.6. The van der Waals surface area contributed by atoms with Crippen LogP contribution in [-0.4, -0.2) is 65.7 Å². The molecule has 4 rings (SSSR count). The van der Waals surface area contributed by atoms with Gasteiger partial charge < -0.3 is 19.9 Å². The van der Waals surface area contributed by atoms with E-state index in [0.717, 1.165) is 12.4 Å². The highest BCUT2D eigenvalue weighted by atomic mass is 127. The number of ether oxygens (including phenoxy) is 1. The van der Waals surface area contributed by atoms with E-state index in [4.69, 9.17) is 16.3 Å². The molecular formula is C20H27ClFIN4O2. The van der Waals surface area contributed by atoms with E-state index in [-0.39, 0.29) is 53.9 Å². The molecule has 2 fully saturated rings. The summed E-state index contributed by atoms with van der Waals surface area (Å²) in [6.45, 7) is 8.14. The summed E-state index contributed by atoms with van der Waals surface area (Å²) in [6, 6.07) is 5.10. The van der Waals surface area contributed by atoms with E-state index in [2.05, 4.69) is 15.2 Å². The van der Waals surface area contributed by atoms with Crippen LogP contribution in [0.5, 0.6) is 0 Å². The molecule has 0 bridgehead atoms. The van der Waals surface area contributed by atoms with Gasteiger partial charge in [-0.25, -0.2) is 9.18 Å². The predicted molar refractivity (Wildman–Crippen MR) is 122 cm³/mol. The third-order valence-corrected chi connectivity index (χ3v) is 5.66. The van der Waals surface area contributed by atoms with Gasteiger partial charge >= 0.3 is 6.09 Å². The molecule has 1 saturated heterocycles. The first kappa shape index (κ1) is 22.4. The first-order chi connectivity index (χ1) is 13.2. The average Bonchev–Trinajstić information content (AvgIpc) is 3.23.